The first-order valence-electron chi connectivity index (χ1n) is 5.82. The molecule has 5 heteroatoms. The van der Waals surface area contributed by atoms with Gasteiger partial charge in [-0.05, 0) is 19.9 Å². The summed E-state index contributed by atoms with van der Waals surface area (Å²) in [6, 6.07) is 2.05. The van der Waals surface area contributed by atoms with Crippen molar-refractivity contribution >= 4 is 27.4 Å². The molecule has 17 heavy (non-hydrogen) atoms. The number of hydrogen-bond donors (Lipinski definition) is 0. The topological polar surface area (TPSA) is 38.2 Å². The van der Waals surface area contributed by atoms with Crippen molar-refractivity contribution in [2.75, 3.05) is 18.0 Å². The van der Waals surface area contributed by atoms with Crippen LogP contribution in [0.15, 0.2) is 17.8 Å². The molecule has 1 saturated heterocycles. The smallest absolute Gasteiger partial charge is 0.145 e. The molecule has 2 atom stereocenters. The van der Waals surface area contributed by atoms with Gasteiger partial charge in [0.1, 0.15) is 10.3 Å². The van der Waals surface area contributed by atoms with Gasteiger partial charge in [-0.15, -0.1) is 11.3 Å². The second kappa shape index (κ2) is 4.23. The van der Waals surface area contributed by atoms with Gasteiger partial charge in [0.25, 0.3) is 0 Å². The highest BCUT2D eigenvalue weighted by atomic mass is 32.1. The number of ether oxygens (including phenoxy) is 1. The Labute approximate surface area is 104 Å². The molecule has 2 aromatic rings. The molecule has 90 valence electrons. The Morgan fingerprint density at radius 1 is 1.29 bits per heavy atom. The predicted octanol–water partition coefficient (Wildman–Crippen LogP) is 2.30. The molecule has 0 radical (unpaired) electrons. The van der Waals surface area contributed by atoms with E-state index < -0.39 is 0 Å². The Hall–Kier alpha value is -1.20. The molecule has 4 nitrogen and oxygen atoms in total. The number of pyridine rings is 1. The quantitative estimate of drug-likeness (QED) is 0.777. The molecule has 2 aromatic heterocycles. The molecule has 0 bridgehead atoms. The fourth-order valence-electron chi connectivity index (χ4n) is 2.39. The lowest BCUT2D eigenvalue weighted by molar-refractivity contribution is -0.00514. The van der Waals surface area contributed by atoms with Gasteiger partial charge in [-0.3, -0.25) is 0 Å². The van der Waals surface area contributed by atoms with E-state index in [-0.39, 0.29) is 12.2 Å². The Bertz CT molecular complexity index is 517. The molecule has 0 aromatic carbocycles. The molecule has 1 aliphatic rings. The maximum absolute atomic E-state index is 5.76. The Balaban J connectivity index is 2.00. The van der Waals surface area contributed by atoms with Gasteiger partial charge in [0.2, 0.25) is 0 Å². The van der Waals surface area contributed by atoms with E-state index in [1.807, 2.05) is 17.8 Å². The van der Waals surface area contributed by atoms with E-state index >= 15 is 0 Å². The molecule has 1 aliphatic heterocycles. The molecular weight excluding hydrogens is 234 g/mol. The van der Waals surface area contributed by atoms with Crippen molar-refractivity contribution in [1.82, 2.24) is 9.97 Å². The SMILES string of the molecule is CC1CN(c2ccnc3scnc23)CC(C)O1. The summed E-state index contributed by atoms with van der Waals surface area (Å²) in [5.74, 6) is 0. The van der Waals surface area contributed by atoms with Gasteiger partial charge in [0.15, 0.2) is 0 Å². The van der Waals surface area contributed by atoms with Gasteiger partial charge in [0, 0.05) is 19.3 Å². The average Bonchev–Trinajstić information content (AvgIpc) is 2.75. The normalized spacial score (nSPS) is 25.4. The molecule has 0 N–H and O–H groups in total. The molecular formula is C12H15N3OS. The zero-order valence-corrected chi connectivity index (χ0v) is 10.8. The minimum Gasteiger partial charge on any atom is -0.372 e. The van der Waals surface area contributed by atoms with Gasteiger partial charge in [-0.25, -0.2) is 9.97 Å². The summed E-state index contributed by atoms with van der Waals surface area (Å²) in [5, 5.41) is 0. The number of anilines is 1. The second-order valence-electron chi connectivity index (χ2n) is 4.50. The fourth-order valence-corrected chi connectivity index (χ4v) is 3.04. The lowest BCUT2D eigenvalue weighted by Gasteiger charge is -2.36. The molecule has 0 spiro atoms. The fraction of sp³-hybridized carbons (Fsp3) is 0.500. The third-order valence-electron chi connectivity index (χ3n) is 2.98. The van der Waals surface area contributed by atoms with Crippen molar-refractivity contribution in [2.45, 2.75) is 26.1 Å². The third-order valence-corrected chi connectivity index (χ3v) is 3.71. The lowest BCUT2D eigenvalue weighted by Crippen LogP contribution is -2.45. The summed E-state index contributed by atoms with van der Waals surface area (Å²) in [6.07, 6.45) is 2.39. The predicted molar refractivity (Wildman–Crippen MR) is 69.6 cm³/mol. The van der Waals surface area contributed by atoms with Crippen molar-refractivity contribution in [3.05, 3.63) is 17.8 Å². The molecule has 1 fully saturated rings. The number of morpholine rings is 1. The Morgan fingerprint density at radius 3 is 2.82 bits per heavy atom. The number of thiazole rings is 1. The van der Waals surface area contributed by atoms with Crippen LogP contribution >= 0.6 is 11.3 Å². The first-order valence-corrected chi connectivity index (χ1v) is 6.70. The van der Waals surface area contributed by atoms with Crippen LogP contribution in [0.1, 0.15) is 13.8 Å². The molecule has 2 unspecified atom stereocenters. The van der Waals surface area contributed by atoms with Gasteiger partial charge in [0.05, 0.1) is 23.4 Å². The van der Waals surface area contributed by atoms with E-state index in [2.05, 4.69) is 28.7 Å². The number of nitrogens with zero attached hydrogens (tertiary/aromatic N) is 3. The summed E-state index contributed by atoms with van der Waals surface area (Å²) in [5.41, 5.74) is 4.05. The van der Waals surface area contributed by atoms with Crippen LogP contribution in [-0.2, 0) is 4.74 Å². The highest BCUT2D eigenvalue weighted by molar-refractivity contribution is 7.16. The van der Waals surface area contributed by atoms with Crippen LogP contribution in [0.25, 0.3) is 10.3 Å². The van der Waals surface area contributed by atoms with E-state index in [0.717, 1.165) is 23.4 Å². The van der Waals surface area contributed by atoms with Gasteiger partial charge < -0.3 is 9.64 Å². The van der Waals surface area contributed by atoms with E-state index in [9.17, 15) is 0 Å². The van der Waals surface area contributed by atoms with E-state index in [4.69, 9.17) is 4.74 Å². The van der Waals surface area contributed by atoms with Crippen molar-refractivity contribution in [2.24, 2.45) is 0 Å². The molecule has 0 saturated carbocycles. The highest BCUT2D eigenvalue weighted by Crippen LogP contribution is 2.28. The van der Waals surface area contributed by atoms with Crippen molar-refractivity contribution in [1.29, 1.82) is 0 Å². The number of hydrogen-bond acceptors (Lipinski definition) is 5. The van der Waals surface area contributed by atoms with Gasteiger partial charge in [-0.2, -0.15) is 0 Å². The van der Waals surface area contributed by atoms with Crippen LogP contribution in [0.3, 0.4) is 0 Å². The largest absolute Gasteiger partial charge is 0.372 e. The zero-order valence-electron chi connectivity index (χ0n) is 9.96. The maximum Gasteiger partial charge on any atom is 0.145 e. The third kappa shape index (κ3) is 2.00. The molecule has 3 heterocycles. The lowest BCUT2D eigenvalue weighted by atomic mass is 10.2. The zero-order chi connectivity index (χ0) is 11.8. The average molecular weight is 249 g/mol. The number of rotatable bonds is 1. The first kappa shape index (κ1) is 10.9. The number of fused-ring (bicyclic) bond motifs is 1. The number of aromatic nitrogens is 2. The van der Waals surface area contributed by atoms with Crippen LogP contribution < -0.4 is 4.90 Å². The molecule has 0 amide bonds. The van der Waals surface area contributed by atoms with Crippen molar-refractivity contribution in [3.63, 3.8) is 0 Å². The van der Waals surface area contributed by atoms with Crippen LogP contribution in [0.4, 0.5) is 5.69 Å². The summed E-state index contributed by atoms with van der Waals surface area (Å²) < 4.78 is 5.76. The van der Waals surface area contributed by atoms with Crippen LogP contribution in [0.5, 0.6) is 0 Å². The minimum absolute atomic E-state index is 0.264. The minimum atomic E-state index is 0.264. The van der Waals surface area contributed by atoms with Gasteiger partial charge >= 0.3 is 0 Å². The summed E-state index contributed by atoms with van der Waals surface area (Å²) in [4.78, 5) is 12.1. The summed E-state index contributed by atoms with van der Waals surface area (Å²) in [6.45, 7) is 6.06. The van der Waals surface area contributed by atoms with E-state index in [1.165, 1.54) is 5.69 Å². The molecule has 3 rings (SSSR count). The van der Waals surface area contributed by atoms with Crippen molar-refractivity contribution < 1.29 is 4.74 Å². The van der Waals surface area contributed by atoms with Crippen LogP contribution in [0.2, 0.25) is 0 Å². The highest BCUT2D eigenvalue weighted by Gasteiger charge is 2.24. The standard InChI is InChI=1S/C12H15N3OS/c1-8-5-15(6-9(2)16-8)10-3-4-13-12-11(10)14-7-17-12/h3-4,7-9H,5-6H2,1-2H3. The first-order chi connectivity index (χ1) is 8.24. The van der Waals surface area contributed by atoms with Crippen LogP contribution in [-0.4, -0.2) is 35.3 Å². The summed E-state index contributed by atoms with van der Waals surface area (Å²) >= 11 is 1.59. The Morgan fingerprint density at radius 2 is 2.06 bits per heavy atom. The van der Waals surface area contributed by atoms with Gasteiger partial charge in [-0.1, -0.05) is 0 Å². The second-order valence-corrected chi connectivity index (χ2v) is 5.33. The maximum atomic E-state index is 5.76. The van der Waals surface area contributed by atoms with E-state index in [1.54, 1.807) is 11.3 Å². The van der Waals surface area contributed by atoms with E-state index in [0.29, 0.717) is 0 Å². The summed E-state index contributed by atoms with van der Waals surface area (Å²) in [7, 11) is 0. The Kier molecular flexibility index (Phi) is 2.72. The molecule has 0 aliphatic carbocycles. The van der Waals surface area contributed by atoms with Crippen molar-refractivity contribution in [3.8, 4) is 0 Å². The van der Waals surface area contributed by atoms with Crippen LogP contribution in [0, 0.1) is 0 Å². The monoisotopic (exact) mass is 249 g/mol.